The van der Waals surface area contributed by atoms with Crippen molar-refractivity contribution in [1.82, 2.24) is 5.16 Å². The van der Waals surface area contributed by atoms with Crippen molar-refractivity contribution in [2.24, 2.45) is 0 Å². The van der Waals surface area contributed by atoms with Crippen LogP contribution in [0.2, 0.25) is 0 Å². The van der Waals surface area contributed by atoms with Crippen LogP contribution in [0.4, 0.5) is 0 Å². The van der Waals surface area contributed by atoms with Gasteiger partial charge in [-0.05, 0) is 29.6 Å². The van der Waals surface area contributed by atoms with Gasteiger partial charge in [0.2, 0.25) is 0 Å². The molecule has 0 aliphatic rings. The molecule has 0 saturated heterocycles. The first-order chi connectivity index (χ1) is 10.3. The van der Waals surface area contributed by atoms with Gasteiger partial charge in [0.15, 0.2) is 12.0 Å². The molecule has 2 heterocycles. The summed E-state index contributed by atoms with van der Waals surface area (Å²) >= 11 is 4.90. The molecule has 0 radical (unpaired) electrons. The molecule has 4 nitrogen and oxygen atoms in total. The Balaban J connectivity index is 1.72. The van der Waals surface area contributed by atoms with Crippen molar-refractivity contribution in [2.45, 2.75) is 6.61 Å². The minimum atomic E-state index is 0.247. The summed E-state index contributed by atoms with van der Waals surface area (Å²) in [6.45, 7) is 0.247. The van der Waals surface area contributed by atoms with Crippen molar-refractivity contribution in [2.75, 3.05) is 0 Å². The van der Waals surface area contributed by atoms with E-state index in [0.29, 0.717) is 17.0 Å². The number of aromatic nitrogens is 1. The van der Waals surface area contributed by atoms with Crippen LogP contribution in [-0.2, 0) is 6.61 Å². The molecule has 6 heteroatoms. The zero-order valence-electron chi connectivity index (χ0n) is 10.8. The van der Waals surface area contributed by atoms with Crippen LogP contribution in [0.25, 0.3) is 10.6 Å². The third kappa shape index (κ3) is 3.22. The Morgan fingerprint density at radius 3 is 3.00 bits per heavy atom. The third-order valence-corrected chi connectivity index (χ3v) is 4.18. The standard InChI is InChI=1S/C15H10BrNO3S/c16-11-3-4-13(10(6-11)8-18)19-9-12-7-14(20-17-12)15-2-1-5-21-15/h1-8H,9H2. The highest BCUT2D eigenvalue weighted by atomic mass is 79.9. The van der Waals surface area contributed by atoms with Crippen molar-refractivity contribution in [3.63, 3.8) is 0 Å². The van der Waals surface area contributed by atoms with Gasteiger partial charge in [0, 0.05) is 10.5 Å². The highest BCUT2D eigenvalue weighted by molar-refractivity contribution is 9.10. The lowest BCUT2D eigenvalue weighted by molar-refractivity contribution is 0.111. The van der Waals surface area contributed by atoms with Gasteiger partial charge in [-0.15, -0.1) is 11.3 Å². The molecule has 0 amide bonds. The molecule has 2 aromatic heterocycles. The summed E-state index contributed by atoms with van der Waals surface area (Å²) in [5.41, 5.74) is 1.17. The average Bonchev–Trinajstić information content (AvgIpc) is 3.16. The van der Waals surface area contributed by atoms with Crippen molar-refractivity contribution >= 4 is 33.6 Å². The van der Waals surface area contributed by atoms with Crippen molar-refractivity contribution in [3.05, 3.63) is 57.5 Å². The first-order valence-corrected chi connectivity index (χ1v) is 7.80. The fraction of sp³-hybridized carbons (Fsp3) is 0.0667. The van der Waals surface area contributed by atoms with E-state index in [4.69, 9.17) is 9.26 Å². The molecular weight excluding hydrogens is 354 g/mol. The lowest BCUT2D eigenvalue weighted by Crippen LogP contribution is -1.98. The second-order valence-electron chi connectivity index (χ2n) is 4.25. The Morgan fingerprint density at radius 2 is 2.24 bits per heavy atom. The van der Waals surface area contributed by atoms with Crippen LogP contribution in [0, 0.1) is 0 Å². The molecule has 0 saturated carbocycles. The Hall–Kier alpha value is -1.92. The highest BCUT2D eigenvalue weighted by Gasteiger charge is 2.09. The predicted octanol–water partition coefficient (Wildman–Crippen LogP) is 4.56. The number of carbonyl (C=O) groups is 1. The summed E-state index contributed by atoms with van der Waals surface area (Å²) in [5.74, 6) is 1.24. The average molecular weight is 364 g/mol. The van der Waals surface area contributed by atoms with Gasteiger partial charge in [-0.3, -0.25) is 4.79 Å². The SMILES string of the molecule is O=Cc1cc(Br)ccc1OCc1cc(-c2cccs2)on1. The number of rotatable bonds is 5. The van der Waals surface area contributed by atoms with E-state index in [9.17, 15) is 4.79 Å². The van der Waals surface area contributed by atoms with E-state index < -0.39 is 0 Å². The van der Waals surface area contributed by atoms with Gasteiger partial charge in [-0.1, -0.05) is 27.2 Å². The second kappa shape index (κ2) is 6.24. The predicted molar refractivity (Wildman–Crippen MR) is 83.7 cm³/mol. The molecule has 0 atom stereocenters. The first-order valence-electron chi connectivity index (χ1n) is 6.13. The molecule has 3 aromatic rings. The zero-order chi connectivity index (χ0) is 14.7. The van der Waals surface area contributed by atoms with E-state index in [1.54, 1.807) is 23.5 Å². The molecule has 0 N–H and O–H groups in total. The van der Waals surface area contributed by atoms with E-state index in [1.807, 2.05) is 29.6 Å². The smallest absolute Gasteiger partial charge is 0.177 e. The second-order valence-corrected chi connectivity index (χ2v) is 6.11. The molecule has 0 unspecified atom stereocenters. The van der Waals surface area contributed by atoms with Crippen LogP contribution in [0.3, 0.4) is 0 Å². The summed E-state index contributed by atoms with van der Waals surface area (Å²) in [6, 6.07) is 11.0. The zero-order valence-corrected chi connectivity index (χ0v) is 13.2. The number of benzene rings is 1. The fourth-order valence-electron chi connectivity index (χ4n) is 1.81. The molecule has 0 aliphatic heterocycles. The molecule has 0 spiro atoms. The summed E-state index contributed by atoms with van der Waals surface area (Å²) < 4.78 is 11.7. The molecule has 0 fully saturated rings. The summed E-state index contributed by atoms with van der Waals surface area (Å²) in [5, 5.41) is 5.95. The van der Waals surface area contributed by atoms with Crippen molar-refractivity contribution in [1.29, 1.82) is 0 Å². The van der Waals surface area contributed by atoms with Gasteiger partial charge in [-0.2, -0.15) is 0 Å². The Kier molecular flexibility index (Phi) is 4.17. The Bertz CT molecular complexity index is 752. The van der Waals surface area contributed by atoms with Crippen LogP contribution in [0.5, 0.6) is 5.75 Å². The number of hydrogen-bond acceptors (Lipinski definition) is 5. The van der Waals surface area contributed by atoms with E-state index in [1.165, 1.54) is 0 Å². The highest BCUT2D eigenvalue weighted by Crippen LogP contribution is 2.26. The van der Waals surface area contributed by atoms with Crippen LogP contribution >= 0.6 is 27.3 Å². The monoisotopic (exact) mass is 363 g/mol. The van der Waals surface area contributed by atoms with Crippen molar-refractivity contribution in [3.8, 4) is 16.4 Å². The van der Waals surface area contributed by atoms with E-state index >= 15 is 0 Å². The molecular formula is C15H10BrNO3S. The van der Waals surface area contributed by atoms with Crippen molar-refractivity contribution < 1.29 is 14.1 Å². The van der Waals surface area contributed by atoms with Gasteiger partial charge in [-0.25, -0.2) is 0 Å². The van der Waals surface area contributed by atoms with Crippen LogP contribution < -0.4 is 4.74 Å². The number of hydrogen-bond donors (Lipinski definition) is 0. The first kappa shape index (κ1) is 14.0. The number of aldehydes is 1. The molecule has 106 valence electrons. The van der Waals surface area contributed by atoms with Gasteiger partial charge in [0.1, 0.15) is 18.1 Å². The van der Waals surface area contributed by atoms with E-state index in [-0.39, 0.29) is 6.61 Å². The fourth-order valence-corrected chi connectivity index (χ4v) is 2.86. The number of nitrogens with zero attached hydrogens (tertiary/aromatic N) is 1. The van der Waals surface area contributed by atoms with E-state index in [0.717, 1.165) is 21.4 Å². The molecule has 0 bridgehead atoms. The van der Waals surface area contributed by atoms with Gasteiger partial charge in [0.25, 0.3) is 0 Å². The number of thiophene rings is 1. The molecule has 0 aliphatic carbocycles. The number of halogens is 1. The summed E-state index contributed by atoms with van der Waals surface area (Å²) in [4.78, 5) is 12.0. The Morgan fingerprint density at radius 1 is 1.33 bits per heavy atom. The lowest BCUT2D eigenvalue weighted by atomic mass is 10.2. The quantitative estimate of drug-likeness (QED) is 0.623. The maximum absolute atomic E-state index is 11.0. The number of ether oxygens (including phenoxy) is 1. The summed E-state index contributed by atoms with van der Waals surface area (Å²) in [7, 11) is 0. The maximum Gasteiger partial charge on any atom is 0.177 e. The largest absolute Gasteiger partial charge is 0.486 e. The number of carbonyl (C=O) groups excluding carboxylic acids is 1. The van der Waals surface area contributed by atoms with Crippen LogP contribution in [-0.4, -0.2) is 11.4 Å². The third-order valence-electron chi connectivity index (χ3n) is 2.80. The topological polar surface area (TPSA) is 52.3 Å². The van der Waals surface area contributed by atoms with Gasteiger partial charge >= 0.3 is 0 Å². The Labute approximate surface area is 133 Å². The summed E-state index contributed by atoms with van der Waals surface area (Å²) in [6.07, 6.45) is 0.764. The van der Waals surface area contributed by atoms with Crippen LogP contribution in [0.15, 0.2) is 50.8 Å². The molecule has 1 aromatic carbocycles. The van der Waals surface area contributed by atoms with Gasteiger partial charge in [0.05, 0.1) is 10.4 Å². The van der Waals surface area contributed by atoms with Crippen LogP contribution in [0.1, 0.15) is 16.1 Å². The van der Waals surface area contributed by atoms with E-state index in [2.05, 4.69) is 21.1 Å². The molecule has 3 rings (SSSR count). The normalized spacial score (nSPS) is 10.5. The minimum Gasteiger partial charge on any atom is -0.486 e. The molecule has 21 heavy (non-hydrogen) atoms. The van der Waals surface area contributed by atoms with Gasteiger partial charge < -0.3 is 9.26 Å². The lowest BCUT2D eigenvalue weighted by Gasteiger charge is -2.06. The minimum absolute atomic E-state index is 0.247. The maximum atomic E-state index is 11.0.